The van der Waals surface area contributed by atoms with Gasteiger partial charge in [-0.25, -0.2) is 0 Å². The van der Waals surface area contributed by atoms with E-state index in [4.69, 9.17) is 4.74 Å². The van der Waals surface area contributed by atoms with Gasteiger partial charge in [0, 0.05) is 37.2 Å². The van der Waals surface area contributed by atoms with Gasteiger partial charge in [0.05, 0.1) is 12.2 Å². The monoisotopic (exact) mass is 343 g/mol. The van der Waals surface area contributed by atoms with Crippen molar-refractivity contribution in [3.63, 3.8) is 0 Å². The number of para-hydroxylation sites is 1. The molecule has 2 heterocycles. The Hall–Kier alpha value is -2.18. The molecular formula is C19H25N3O3. The number of rotatable bonds is 6. The summed E-state index contributed by atoms with van der Waals surface area (Å²) in [6.45, 7) is 4.46. The molecule has 1 fully saturated rings. The average molecular weight is 343 g/mol. The van der Waals surface area contributed by atoms with Crippen LogP contribution in [0.15, 0.2) is 35.1 Å². The van der Waals surface area contributed by atoms with Crippen molar-refractivity contribution < 1.29 is 9.53 Å². The minimum Gasteiger partial charge on any atom is -0.383 e. The highest BCUT2D eigenvalue weighted by atomic mass is 16.5. The third-order valence-corrected chi connectivity index (χ3v) is 4.87. The SMILES string of the molecule is COCCN1CCC(CNC(=O)c2cc(=O)[nH]c3ccccc23)CC1. The molecule has 25 heavy (non-hydrogen) atoms. The maximum atomic E-state index is 12.6. The van der Waals surface area contributed by atoms with E-state index in [1.165, 1.54) is 6.07 Å². The van der Waals surface area contributed by atoms with Crippen LogP contribution in [-0.4, -0.2) is 55.7 Å². The minimum absolute atomic E-state index is 0.177. The van der Waals surface area contributed by atoms with Crippen LogP contribution in [0.25, 0.3) is 10.9 Å². The topological polar surface area (TPSA) is 74.4 Å². The first-order chi connectivity index (χ1) is 12.2. The molecule has 0 spiro atoms. The van der Waals surface area contributed by atoms with Gasteiger partial charge in [-0.05, 0) is 37.9 Å². The molecule has 0 atom stereocenters. The number of carbonyl (C=O) groups is 1. The lowest BCUT2D eigenvalue weighted by atomic mass is 9.96. The summed E-state index contributed by atoms with van der Waals surface area (Å²) in [6, 6.07) is 8.76. The summed E-state index contributed by atoms with van der Waals surface area (Å²) in [6.07, 6.45) is 2.14. The lowest BCUT2D eigenvalue weighted by Crippen LogP contribution is -2.40. The zero-order valence-corrected chi connectivity index (χ0v) is 14.6. The van der Waals surface area contributed by atoms with Crippen LogP contribution >= 0.6 is 0 Å². The lowest BCUT2D eigenvalue weighted by Gasteiger charge is -2.31. The molecule has 1 saturated heterocycles. The van der Waals surface area contributed by atoms with Crippen LogP contribution in [0, 0.1) is 5.92 Å². The van der Waals surface area contributed by atoms with Crippen molar-refractivity contribution in [3.8, 4) is 0 Å². The van der Waals surface area contributed by atoms with Gasteiger partial charge in [-0.15, -0.1) is 0 Å². The third kappa shape index (κ3) is 4.46. The second-order valence-corrected chi connectivity index (χ2v) is 6.58. The molecule has 6 nitrogen and oxygen atoms in total. The Kier molecular flexibility index (Phi) is 5.83. The summed E-state index contributed by atoms with van der Waals surface area (Å²) in [4.78, 5) is 29.5. The van der Waals surface area contributed by atoms with Gasteiger partial charge in [0.2, 0.25) is 5.56 Å². The van der Waals surface area contributed by atoms with E-state index in [0.29, 0.717) is 23.5 Å². The normalized spacial score (nSPS) is 16.2. The maximum Gasteiger partial charge on any atom is 0.252 e. The highest BCUT2D eigenvalue weighted by Crippen LogP contribution is 2.17. The number of carbonyl (C=O) groups excluding carboxylic acids is 1. The molecule has 1 aromatic carbocycles. The van der Waals surface area contributed by atoms with Crippen molar-refractivity contribution in [3.05, 3.63) is 46.2 Å². The highest BCUT2D eigenvalue weighted by Gasteiger charge is 2.20. The number of aromatic amines is 1. The standard InChI is InChI=1S/C19H25N3O3/c1-25-11-10-22-8-6-14(7-9-22)13-20-19(24)16-12-18(23)21-17-5-3-2-4-15(16)17/h2-5,12,14H,6-11,13H2,1H3,(H,20,24)(H,21,23). The molecule has 1 aromatic heterocycles. The van der Waals surface area contributed by atoms with Crippen LogP contribution in [0.4, 0.5) is 0 Å². The number of nitrogens with one attached hydrogen (secondary N) is 2. The Morgan fingerprint density at radius 3 is 2.84 bits per heavy atom. The molecule has 0 radical (unpaired) electrons. The first-order valence-electron chi connectivity index (χ1n) is 8.79. The van der Waals surface area contributed by atoms with Crippen LogP contribution in [0.5, 0.6) is 0 Å². The Morgan fingerprint density at radius 2 is 2.08 bits per heavy atom. The van der Waals surface area contributed by atoms with E-state index in [9.17, 15) is 9.59 Å². The number of ether oxygens (including phenoxy) is 1. The van der Waals surface area contributed by atoms with E-state index in [1.54, 1.807) is 7.11 Å². The van der Waals surface area contributed by atoms with E-state index < -0.39 is 0 Å². The zero-order valence-electron chi connectivity index (χ0n) is 14.6. The van der Waals surface area contributed by atoms with Crippen molar-refractivity contribution >= 4 is 16.8 Å². The third-order valence-electron chi connectivity index (χ3n) is 4.87. The fraction of sp³-hybridized carbons (Fsp3) is 0.474. The summed E-state index contributed by atoms with van der Waals surface area (Å²) in [7, 11) is 1.72. The quantitative estimate of drug-likeness (QED) is 0.836. The predicted octanol–water partition coefficient (Wildman–Crippen LogP) is 1.62. The number of fused-ring (bicyclic) bond motifs is 1. The van der Waals surface area contributed by atoms with Crippen molar-refractivity contribution in [2.45, 2.75) is 12.8 Å². The Bertz CT molecular complexity index is 779. The van der Waals surface area contributed by atoms with E-state index in [1.807, 2.05) is 24.3 Å². The molecule has 2 aromatic rings. The summed E-state index contributed by atoms with van der Waals surface area (Å²) in [5.41, 5.74) is 0.874. The molecule has 1 aliphatic heterocycles. The number of hydrogen-bond donors (Lipinski definition) is 2. The average Bonchev–Trinajstić information content (AvgIpc) is 2.64. The zero-order chi connectivity index (χ0) is 17.6. The molecule has 0 saturated carbocycles. The van der Waals surface area contributed by atoms with Gasteiger partial charge in [0.25, 0.3) is 5.91 Å². The minimum atomic E-state index is -0.254. The van der Waals surface area contributed by atoms with Crippen LogP contribution < -0.4 is 10.9 Å². The van der Waals surface area contributed by atoms with E-state index in [0.717, 1.165) is 44.5 Å². The van der Waals surface area contributed by atoms with Crippen LogP contribution in [0.2, 0.25) is 0 Å². The first kappa shape index (κ1) is 17.6. The fourth-order valence-corrected chi connectivity index (χ4v) is 3.36. The molecule has 134 valence electrons. The number of aromatic nitrogens is 1. The molecule has 1 aliphatic rings. The number of H-pyrrole nitrogens is 1. The Morgan fingerprint density at radius 1 is 1.32 bits per heavy atom. The van der Waals surface area contributed by atoms with E-state index in [2.05, 4.69) is 15.2 Å². The lowest BCUT2D eigenvalue weighted by molar-refractivity contribution is 0.0927. The van der Waals surface area contributed by atoms with Crippen LogP contribution in [0.3, 0.4) is 0 Å². The number of hydrogen-bond acceptors (Lipinski definition) is 4. The Balaban J connectivity index is 1.58. The maximum absolute atomic E-state index is 12.6. The van der Waals surface area contributed by atoms with E-state index in [-0.39, 0.29) is 11.5 Å². The second kappa shape index (κ2) is 8.27. The van der Waals surface area contributed by atoms with Gasteiger partial charge in [-0.1, -0.05) is 18.2 Å². The van der Waals surface area contributed by atoms with Gasteiger partial charge < -0.3 is 19.9 Å². The summed E-state index contributed by atoms with van der Waals surface area (Å²) in [5, 5.41) is 3.78. The summed E-state index contributed by atoms with van der Waals surface area (Å²) < 4.78 is 5.12. The van der Waals surface area contributed by atoms with Gasteiger partial charge in [0.1, 0.15) is 0 Å². The van der Waals surface area contributed by atoms with E-state index >= 15 is 0 Å². The summed E-state index contributed by atoms with van der Waals surface area (Å²) in [5.74, 6) is 0.306. The van der Waals surface area contributed by atoms with Crippen LogP contribution in [-0.2, 0) is 4.74 Å². The van der Waals surface area contributed by atoms with Gasteiger partial charge in [0.15, 0.2) is 0 Å². The number of pyridine rings is 1. The number of methoxy groups -OCH3 is 1. The second-order valence-electron chi connectivity index (χ2n) is 6.58. The molecular weight excluding hydrogens is 318 g/mol. The number of likely N-dealkylation sites (tertiary alicyclic amines) is 1. The van der Waals surface area contributed by atoms with Crippen molar-refractivity contribution in [2.24, 2.45) is 5.92 Å². The number of amides is 1. The largest absolute Gasteiger partial charge is 0.383 e. The van der Waals surface area contributed by atoms with Gasteiger partial charge >= 0.3 is 0 Å². The van der Waals surface area contributed by atoms with Crippen molar-refractivity contribution in [1.82, 2.24) is 15.2 Å². The summed E-state index contributed by atoms with van der Waals surface area (Å²) >= 11 is 0. The number of piperidine rings is 1. The molecule has 1 amide bonds. The van der Waals surface area contributed by atoms with Crippen LogP contribution in [0.1, 0.15) is 23.2 Å². The first-order valence-corrected chi connectivity index (χ1v) is 8.79. The predicted molar refractivity (Wildman–Crippen MR) is 97.9 cm³/mol. The number of nitrogens with zero attached hydrogens (tertiary/aromatic N) is 1. The number of benzene rings is 1. The van der Waals surface area contributed by atoms with Gasteiger partial charge in [-0.2, -0.15) is 0 Å². The molecule has 3 rings (SSSR count). The molecule has 0 bridgehead atoms. The van der Waals surface area contributed by atoms with Crippen molar-refractivity contribution in [2.75, 3.05) is 39.9 Å². The highest BCUT2D eigenvalue weighted by molar-refractivity contribution is 6.05. The molecule has 2 N–H and O–H groups in total. The fourth-order valence-electron chi connectivity index (χ4n) is 3.36. The molecule has 6 heteroatoms. The smallest absolute Gasteiger partial charge is 0.252 e. The van der Waals surface area contributed by atoms with Gasteiger partial charge in [-0.3, -0.25) is 9.59 Å². The Labute approximate surface area is 147 Å². The molecule has 0 aliphatic carbocycles. The van der Waals surface area contributed by atoms with Crippen molar-refractivity contribution in [1.29, 1.82) is 0 Å². The molecule has 0 unspecified atom stereocenters.